The summed E-state index contributed by atoms with van der Waals surface area (Å²) in [5, 5.41) is 13.3. The second-order valence-corrected chi connectivity index (χ2v) is 6.67. The number of aliphatic hydroxyl groups excluding tert-OH is 1. The van der Waals surface area contributed by atoms with E-state index in [1.807, 2.05) is 0 Å². The molecule has 18 heavy (non-hydrogen) atoms. The molecule has 0 aromatic rings. The molecular weight excluding hydrogens is 224 g/mol. The molecule has 0 aromatic heterocycles. The van der Waals surface area contributed by atoms with Gasteiger partial charge in [0.15, 0.2) is 0 Å². The van der Waals surface area contributed by atoms with Crippen molar-refractivity contribution in [2.24, 2.45) is 11.8 Å². The highest BCUT2D eigenvalue weighted by molar-refractivity contribution is 4.99. The van der Waals surface area contributed by atoms with E-state index in [-0.39, 0.29) is 12.1 Å². The van der Waals surface area contributed by atoms with Gasteiger partial charge in [-0.2, -0.15) is 0 Å². The van der Waals surface area contributed by atoms with Gasteiger partial charge in [-0.05, 0) is 57.5 Å². The Hall–Kier alpha value is -0.120. The van der Waals surface area contributed by atoms with Crippen LogP contribution < -0.4 is 5.32 Å². The normalized spacial score (nSPS) is 39.5. The van der Waals surface area contributed by atoms with Crippen LogP contribution in [0.4, 0.5) is 0 Å². The highest BCUT2D eigenvalue weighted by atomic mass is 16.3. The highest BCUT2D eigenvalue weighted by Crippen LogP contribution is 2.40. The molecule has 2 rings (SSSR count). The van der Waals surface area contributed by atoms with Crippen molar-refractivity contribution in [1.82, 2.24) is 10.2 Å². The summed E-state index contributed by atoms with van der Waals surface area (Å²) in [5.74, 6) is 1.87. The minimum atomic E-state index is 0.00407. The quantitative estimate of drug-likeness (QED) is 0.728. The van der Waals surface area contributed by atoms with Crippen molar-refractivity contribution >= 4 is 0 Å². The van der Waals surface area contributed by atoms with Crippen molar-refractivity contribution in [2.45, 2.75) is 57.5 Å². The average molecular weight is 254 g/mol. The zero-order valence-electron chi connectivity index (χ0n) is 12.3. The van der Waals surface area contributed by atoms with Crippen LogP contribution in [0.5, 0.6) is 0 Å². The van der Waals surface area contributed by atoms with Gasteiger partial charge >= 0.3 is 0 Å². The molecule has 106 valence electrons. The summed E-state index contributed by atoms with van der Waals surface area (Å²) in [4.78, 5) is 2.54. The second kappa shape index (κ2) is 5.89. The van der Waals surface area contributed by atoms with Crippen LogP contribution in [0.3, 0.4) is 0 Å². The lowest BCUT2D eigenvalue weighted by Crippen LogP contribution is -2.48. The minimum Gasteiger partial charge on any atom is -0.394 e. The molecule has 2 saturated carbocycles. The van der Waals surface area contributed by atoms with Crippen molar-refractivity contribution in [3.05, 3.63) is 0 Å². The minimum absolute atomic E-state index is 0.00407. The molecule has 0 amide bonds. The van der Waals surface area contributed by atoms with E-state index in [4.69, 9.17) is 0 Å². The SMILES string of the molecule is CCCNC1(CO)CCC(N(C)CC2CC2C)C1. The summed E-state index contributed by atoms with van der Waals surface area (Å²) in [6, 6.07) is 0.661. The van der Waals surface area contributed by atoms with Crippen LogP contribution in [0.25, 0.3) is 0 Å². The fraction of sp³-hybridized carbons (Fsp3) is 1.00. The van der Waals surface area contributed by atoms with Crippen LogP contribution in [0.1, 0.15) is 46.0 Å². The number of nitrogens with one attached hydrogen (secondary N) is 1. The molecular formula is C15H30N2O. The molecule has 2 aliphatic carbocycles. The molecule has 4 unspecified atom stereocenters. The van der Waals surface area contributed by atoms with Gasteiger partial charge < -0.3 is 15.3 Å². The van der Waals surface area contributed by atoms with Crippen LogP contribution >= 0.6 is 0 Å². The first-order valence-electron chi connectivity index (χ1n) is 7.66. The molecule has 0 spiro atoms. The average Bonchev–Trinajstić information content (AvgIpc) is 2.91. The molecule has 2 aliphatic rings. The van der Waals surface area contributed by atoms with E-state index in [1.165, 1.54) is 19.4 Å². The third-order valence-electron chi connectivity index (χ3n) is 5.06. The molecule has 0 aromatic carbocycles. The molecule has 2 fully saturated rings. The predicted octanol–water partition coefficient (Wildman–Crippen LogP) is 1.86. The number of hydrogen-bond donors (Lipinski definition) is 2. The van der Waals surface area contributed by atoms with E-state index in [0.29, 0.717) is 6.04 Å². The summed E-state index contributed by atoms with van der Waals surface area (Å²) in [5.41, 5.74) is 0.00407. The Kier molecular flexibility index (Phi) is 4.68. The fourth-order valence-corrected chi connectivity index (χ4v) is 3.40. The maximum atomic E-state index is 9.70. The van der Waals surface area contributed by atoms with Crippen LogP contribution in [-0.2, 0) is 0 Å². The van der Waals surface area contributed by atoms with Crippen molar-refractivity contribution in [3.8, 4) is 0 Å². The topological polar surface area (TPSA) is 35.5 Å². The van der Waals surface area contributed by atoms with E-state index in [9.17, 15) is 5.11 Å². The summed E-state index contributed by atoms with van der Waals surface area (Å²) in [6.45, 7) is 7.11. The van der Waals surface area contributed by atoms with Crippen LogP contribution in [0.2, 0.25) is 0 Å². The van der Waals surface area contributed by atoms with E-state index in [2.05, 4.69) is 31.1 Å². The van der Waals surface area contributed by atoms with Gasteiger partial charge in [0.2, 0.25) is 0 Å². The van der Waals surface area contributed by atoms with Crippen molar-refractivity contribution in [1.29, 1.82) is 0 Å². The lowest BCUT2D eigenvalue weighted by atomic mass is 9.98. The Bertz CT molecular complexity index is 271. The van der Waals surface area contributed by atoms with Gasteiger partial charge in [0.05, 0.1) is 6.61 Å². The van der Waals surface area contributed by atoms with Crippen molar-refractivity contribution < 1.29 is 5.11 Å². The number of aliphatic hydroxyl groups is 1. The molecule has 0 aliphatic heterocycles. The molecule has 3 heteroatoms. The van der Waals surface area contributed by atoms with Gasteiger partial charge in [-0.1, -0.05) is 13.8 Å². The molecule has 4 atom stereocenters. The summed E-state index contributed by atoms with van der Waals surface area (Å²) >= 11 is 0. The first-order chi connectivity index (χ1) is 8.60. The van der Waals surface area contributed by atoms with E-state index in [0.717, 1.165) is 37.6 Å². The zero-order chi connectivity index (χ0) is 13.2. The van der Waals surface area contributed by atoms with Gasteiger partial charge in [0.1, 0.15) is 0 Å². The Labute approximate surface area is 112 Å². The Balaban J connectivity index is 1.81. The van der Waals surface area contributed by atoms with Gasteiger partial charge in [-0.15, -0.1) is 0 Å². The third-order valence-corrected chi connectivity index (χ3v) is 5.06. The largest absolute Gasteiger partial charge is 0.394 e. The molecule has 0 radical (unpaired) electrons. The summed E-state index contributed by atoms with van der Waals surface area (Å²) in [7, 11) is 2.27. The van der Waals surface area contributed by atoms with Crippen LogP contribution in [0.15, 0.2) is 0 Å². The predicted molar refractivity (Wildman–Crippen MR) is 75.7 cm³/mol. The maximum Gasteiger partial charge on any atom is 0.0613 e. The van der Waals surface area contributed by atoms with Crippen molar-refractivity contribution in [2.75, 3.05) is 26.7 Å². The van der Waals surface area contributed by atoms with E-state index >= 15 is 0 Å². The lowest BCUT2D eigenvalue weighted by Gasteiger charge is -2.31. The first kappa shape index (κ1) is 14.3. The fourth-order valence-electron chi connectivity index (χ4n) is 3.40. The second-order valence-electron chi connectivity index (χ2n) is 6.67. The summed E-state index contributed by atoms with van der Waals surface area (Å²) < 4.78 is 0. The standard InChI is InChI=1S/C15H30N2O/c1-4-7-16-15(11-18)6-5-14(9-15)17(3)10-13-8-12(13)2/h12-14,16,18H,4-11H2,1-3H3. The monoisotopic (exact) mass is 254 g/mol. The number of rotatable bonds is 7. The van der Waals surface area contributed by atoms with Gasteiger partial charge in [0, 0.05) is 18.1 Å². The Morgan fingerprint density at radius 3 is 2.72 bits per heavy atom. The Morgan fingerprint density at radius 2 is 2.17 bits per heavy atom. The Morgan fingerprint density at radius 1 is 1.44 bits per heavy atom. The highest BCUT2D eigenvalue weighted by Gasteiger charge is 2.41. The molecule has 0 heterocycles. The lowest BCUT2D eigenvalue weighted by molar-refractivity contribution is 0.149. The van der Waals surface area contributed by atoms with Gasteiger partial charge in [-0.25, -0.2) is 0 Å². The molecule has 0 saturated heterocycles. The van der Waals surface area contributed by atoms with Gasteiger partial charge in [0.25, 0.3) is 0 Å². The van der Waals surface area contributed by atoms with Crippen LogP contribution in [0, 0.1) is 11.8 Å². The number of nitrogens with zero attached hydrogens (tertiary/aromatic N) is 1. The smallest absolute Gasteiger partial charge is 0.0613 e. The number of hydrogen-bond acceptors (Lipinski definition) is 3. The molecule has 3 nitrogen and oxygen atoms in total. The van der Waals surface area contributed by atoms with Crippen molar-refractivity contribution in [3.63, 3.8) is 0 Å². The molecule has 2 N–H and O–H groups in total. The maximum absolute atomic E-state index is 9.70. The third kappa shape index (κ3) is 3.25. The first-order valence-corrected chi connectivity index (χ1v) is 7.66. The summed E-state index contributed by atoms with van der Waals surface area (Å²) in [6.07, 6.45) is 6.02. The molecule has 0 bridgehead atoms. The van der Waals surface area contributed by atoms with Crippen LogP contribution in [-0.4, -0.2) is 48.3 Å². The van der Waals surface area contributed by atoms with E-state index in [1.54, 1.807) is 0 Å². The zero-order valence-corrected chi connectivity index (χ0v) is 12.3. The van der Waals surface area contributed by atoms with Gasteiger partial charge in [-0.3, -0.25) is 0 Å². The van der Waals surface area contributed by atoms with E-state index < -0.39 is 0 Å².